The molecule has 0 aliphatic rings. The smallest absolute Gasteiger partial charge is 0.164 e. The van der Waals surface area contributed by atoms with E-state index < -0.39 is 0 Å². The molecule has 10 rings (SSSR count). The molecule has 0 atom stereocenters. The fraction of sp³-hybridized carbons (Fsp3) is 0. The van der Waals surface area contributed by atoms with Crippen LogP contribution in [0, 0.1) is 0 Å². The van der Waals surface area contributed by atoms with E-state index in [0.29, 0.717) is 17.5 Å². The van der Waals surface area contributed by atoms with Crippen molar-refractivity contribution in [1.82, 2.24) is 15.0 Å². The number of hydrogen-bond acceptors (Lipinski definition) is 3. The summed E-state index contributed by atoms with van der Waals surface area (Å²) in [6.07, 6.45) is 0. The van der Waals surface area contributed by atoms with Crippen LogP contribution in [0.2, 0.25) is 0 Å². The van der Waals surface area contributed by atoms with Gasteiger partial charge in [-0.2, -0.15) is 0 Å². The van der Waals surface area contributed by atoms with Gasteiger partial charge in [0, 0.05) is 16.7 Å². The molecule has 3 nitrogen and oxygen atoms in total. The van der Waals surface area contributed by atoms with Gasteiger partial charge in [0.1, 0.15) is 0 Å². The molecule has 0 bridgehead atoms. The van der Waals surface area contributed by atoms with Gasteiger partial charge in [0.2, 0.25) is 0 Å². The van der Waals surface area contributed by atoms with Gasteiger partial charge in [-0.15, -0.1) is 0 Å². The first-order valence-corrected chi connectivity index (χ1v) is 18.3. The van der Waals surface area contributed by atoms with Crippen LogP contribution in [0.1, 0.15) is 0 Å². The lowest BCUT2D eigenvalue weighted by Crippen LogP contribution is -2.01. The van der Waals surface area contributed by atoms with Crippen LogP contribution in [0.5, 0.6) is 0 Å². The zero-order chi connectivity index (χ0) is 35.8. The van der Waals surface area contributed by atoms with Gasteiger partial charge in [-0.1, -0.05) is 182 Å². The lowest BCUT2D eigenvalue weighted by Gasteiger charge is -2.15. The van der Waals surface area contributed by atoms with E-state index in [1.807, 2.05) is 0 Å². The normalized spacial score (nSPS) is 11.3. The van der Waals surface area contributed by atoms with Crippen molar-refractivity contribution in [3.05, 3.63) is 200 Å². The van der Waals surface area contributed by atoms with Crippen molar-refractivity contribution in [1.29, 1.82) is 0 Å². The van der Waals surface area contributed by atoms with Gasteiger partial charge in [0.15, 0.2) is 17.5 Å². The van der Waals surface area contributed by atoms with Gasteiger partial charge < -0.3 is 0 Å². The van der Waals surface area contributed by atoms with Gasteiger partial charge in [0.05, 0.1) is 0 Å². The molecule has 54 heavy (non-hydrogen) atoms. The third kappa shape index (κ3) is 5.69. The molecule has 0 saturated heterocycles. The van der Waals surface area contributed by atoms with Crippen molar-refractivity contribution in [2.45, 2.75) is 0 Å². The van der Waals surface area contributed by atoms with E-state index in [2.05, 4.69) is 200 Å². The zero-order valence-electron chi connectivity index (χ0n) is 29.4. The summed E-state index contributed by atoms with van der Waals surface area (Å²) in [5.41, 5.74) is 9.88. The highest BCUT2D eigenvalue weighted by atomic mass is 15.0. The molecule has 1 aromatic heterocycles. The molecule has 0 radical (unpaired) electrons. The predicted octanol–water partition coefficient (Wildman–Crippen LogP) is 13.3. The van der Waals surface area contributed by atoms with Crippen LogP contribution in [-0.2, 0) is 0 Å². The molecule has 9 aromatic carbocycles. The van der Waals surface area contributed by atoms with Crippen LogP contribution in [0.3, 0.4) is 0 Å². The number of fused-ring (bicyclic) bond motifs is 3. The Hall–Kier alpha value is -7.23. The van der Waals surface area contributed by atoms with Crippen molar-refractivity contribution in [2.24, 2.45) is 0 Å². The first-order chi connectivity index (χ1) is 26.8. The molecule has 0 unspecified atom stereocenters. The number of hydrogen-bond donors (Lipinski definition) is 0. The Bertz CT molecular complexity index is 2830. The van der Waals surface area contributed by atoms with Gasteiger partial charge in [-0.25, -0.2) is 15.0 Å². The SMILES string of the molecule is c1ccc(-c2ccc(-c3nc(-c4ccc(-c5ccc6ccccc6c5)cc4)nc(-c4ccc(-c5ccccc5)c5ccccc45)n3)c3ccccc23)cc1. The summed E-state index contributed by atoms with van der Waals surface area (Å²) in [6, 6.07) is 70.5. The highest BCUT2D eigenvalue weighted by Crippen LogP contribution is 2.38. The Morgan fingerprint density at radius 3 is 1.15 bits per heavy atom. The molecule has 0 aliphatic heterocycles. The molecule has 252 valence electrons. The molecule has 1 heterocycles. The monoisotopic (exact) mass is 687 g/mol. The van der Waals surface area contributed by atoms with E-state index in [0.717, 1.165) is 43.8 Å². The molecular formula is C51H33N3. The predicted molar refractivity (Wildman–Crippen MR) is 225 cm³/mol. The van der Waals surface area contributed by atoms with Gasteiger partial charge in [-0.05, 0) is 83.9 Å². The Morgan fingerprint density at radius 2 is 0.611 bits per heavy atom. The lowest BCUT2D eigenvalue weighted by molar-refractivity contribution is 1.08. The zero-order valence-corrected chi connectivity index (χ0v) is 29.4. The third-order valence-electron chi connectivity index (χ3n) is 10.4. The second-order valence-electron chi connectivity index (χ2n) is 13.6. The maximum absolute atomic E-state index is 5.28. The number of rotatable bonds is 6. The summed E-state index contributed by atoms with van der Waals surface area (Å²) in [5.74, 6) is 1.91. The standard InChI is InChI=1S/C51H33N3/c1-3-14-36(15-4-1)41-29-31-47(45-21-11-9-19-43(41)45)50-52-49(38-26-23-35(24-27-38)40-28-25-34-13-7-8-18-39(34)33-40)53-51(54-50)48-32-30-42(37-16-5-2-6-17-37)44-20-10-12-22-46(44)48/h1-33H. The minimum atomic E-state index is 0.632. The van der Waals surface area contributed by atoms with E-state index in [-0.39, 0.29) is 0 Å². The number of aromatic nitrogens is 3. The molecule has 3 heteroatoms. The molecule has 0 N–H and O–H groups in total. The van der Waals surface area contributed by atoms with Crippen LogP contribution >= 0.6 is 0 Å². The summed E-state index contributed by atoms with van der Waals surface area (Å²) in [7, 11) is 0. The van der Waals surface area contributed by atoms with Crippen LogP contribution in [0.25, 0.3) is 99.9 Å². The lowest BCUT2D eigenvalue weighted by atomic mass is 9.94. The highest BCUT2D eigenvalue weighted by molar-refractivity contribution is 6.06. The number of benzene rings is 9. The fourth-order valence-corrected chi connectivity index (χ4v) is 7.65. The van der Waals surface area contributed by atoms with E-state index in [1.165, 1.54) is 38.6 Å². The molecule has 0 aliphatic carbocycles. The second-order valence-corrected chi connectivity index (χ2v) is 13.6. The van der Waals surface area contributed by atoms with Crippen LogP contribution in [0.15, 0.2) is 200 Å². The Balaban J connectivity index is 1.16. The summed E-state index contributed by atoms with van der Waals surface area (Å²) in [5, 5.41) is 6.96. The van der Waals surface area contributed by atoms with E-state index in [9.17, 15) is 0 Å². The average molecular weight is 688 g/mol. The van der Waals surface area contributed by atoms with Crippen molar-refractivity contribution >= 4 is 32.3 Å². The minimum absolute atomic E-state index is 0.632. The fourth-order valence-electron chi connectivity index (χ4n) is 7.65. The van der Waals surface area contributed by atoms with Crippen molar-refractivity contribution < 1.29 is 0 Å². The highest BCUT2D eigenvalue weighted by Gasteiger charge is 2.18. The second kappa shape index (κ2) is 13.4. The molecule has 0 fully saturated rings. The Kier molecular flexibility index (Phi) is 7.81. The largest absolute Gasteiger partial charge is 0.208 e. The third-order valence-corrected chi connectivity index (χ3v) is 10.4. The maximum Gasteiger partial charge on any atom is 0.164 e. The van der Waals surface area contributed by atoms with Gasteiger partial charge in [0.25, 0.3) is 0 Å². The summed E-state index contributed by atoms with van der Waals surface area (Å²) in [4.78, 5) is 15.7. The first kappa shape index (κ1) is 31.5. The topological polar surface area (TPSA) is 38.7 Å². The van der Waals surface area contributed by atoms with E-state index in [1.54, 1.807) is 0 Å². The Labute approximate surface area is 313 Å². The van der Waals surface area contributed by atoms with Crippen molar-refractivity contribution in [3.63, 3.8) is 0 Å². The molecule has 0 spiro atoms. The summed E-state index contributed by atoms with van der Waals surface area (Å²) < 4.78 is 0. The Morgan fingerprint density at radius 1 is 0.222 bits per heavy atom. The molecule has 0 saturated carbocycles. The maximum atomic E-state index is 5.28. The van der Waals surface area contributed by atoms with Gasteiger partial charge in [-0.3, -0.25) is 0 Å². The summed E-state index contributed by atoms with van der Waals surface area (Å²) in [6.45, 7) is 0. The van der Waals surface area contributed by atoms with Crippen LogP contribution < -0.4 is 0 Å². The molecule has 10 aromatic rings. The van der Waals surface area contributed by atoms with Crippen molar-refractivity contribution in [2.75, 3.05) is 0 Å². The first-order valence-electron chi connectivity index (χ1n) is 18.3. The summed E-state index contributed by atoms with van der Waals surface area (Å²) >= 11 is 0. The molecule has 0 amide bonds. The minimum Gasteiger partial charge on any atom is -0.208 e. The van der Waals surface area contributed by atoms with Crippen molar-refractivity contribution in [3.8, 4) is 67.5 Å². The van der Waals surface area contributed by atoms with Crippen LogP contribution in [0.4, 0.5) is 0 Å². The van der Waals surface area contributed by atoms with Crippen LogP contribution in [-0.4, -0.2) is 15.0 Å². The molecular weight excluding hydrogens is 655 g/mol. The van der Waals surface area contributed by atoms with Gasteiger partial charge >= 0.3 is 0 Å². The van der Waals surface area contributed by atoms with E-state index >= 15 is 0 Å². The number of nitrogens with zero attached hydrogens (tertiary/aromatic N) is 3. The van der Waals surface area contributed by atoms with E-state index in [4.69, 9.17) is 15.0 Å². The average Bonchev–Trinajstić information content (AvgIpc) is 3.26. The quantitative estimate of drug-likeness (QED) is 0.175.